The number of benzene rings is 1. The summed E-state index contributed by atoms with van der Waals surface area (Å²) in [5.74, 6) is 0.902. The van der Waals surface area contributed by atoms with Gasteiger partial charge < -0.3 is 14.4 Å². The normalized spacial score (nSPS) is 20.7. The van der Waals surface area contributed by atoms with Crippen molar-refractivity contribution in [1.29, 1.82) is 0 Å². The Labute approximate surface area is 164 Å². The quantitative estimate of drug-likeness (QED) is 0.764. The lowest BCUT2D eigenvalue weighted by atomic mass is 10.1. The molecule has 3 heterocycles. The highest BCUT2D eigenvalue weighted by molar-refractivity contribution is 7.09. The minimum Gasteiger partial charge on any atom is -0.491 e. The molecule has 1 aromatic carbocycles. The van der Waals surface area contributed by atoms with E-state index in [9.17, 15) is 4.79 Å². The van der Waals surface area contributed by atoms with E-state index in [4.69, 9.17) is 9.47 Å². The van der Waals surface area contributed by atoms with Gasteiger partial charge >= 0.3 is 0 Å². The number of hydrogen-bond donors (Lipinski definition) is 0. The second-order valence-corrected chi connectivity index (χ2v) is 8.15. The van der Waals surface area contributed by atoms with Crippen molar-refractivity contribution in [3.63, 3.8) is 0 Å². The Morgan fingerprint density at radius 1 is 1.15 bits per heavy atom. The first-order valence-electron chi connectivity index (χ1n) is 9.66. The molecule has 0 bridgehead atoms. The smallest absolute Gasteiger partial charge is 0.253 e. The van der Waals surface area contributed by atoms with Gasteiger partial charge in [-0.3, -0.25) is 9.69 Å². The molecule has 0 N–H and O–H groups in total. The Bertz CT molecular complexity index is 718. The standard InChI is InChI=1S/C21H26N2O3S/c24-21(23-11-9-22(10-12-23)15-20-4-2-14-27-20)17-5-7-18(8-6-17)26-16-19-3-1-13-25-19/h2,4-8,14,19H,1,3,9-13,15-16H2. The lowest BCUT2D eigenvalue weighted by molar-refractivity contribution is 0.0628. The Morgan fingerprint density at radius 2 is 1.96 bits per heavy atom. The highest BCUT2D eigenvalue weighted by Gasteiger charge is 2.22. The van der Waals surface area contributed by atoms with Crippen molar-refractivity contribution >= 4 is 17.2 Å². The number of rotatable bonds is 6. The van der Waals surface area contributed by atoms with Crippen LogP contribution in [0.4, 0.5) is 0 Å². The van der Waals surface area contributed by atoms with Crippen LogP contribution in [-0.4, -0.2) is 61.2 Å². The second-order valence-electron chi connectivity index (χ2n) is 7.12. The summed E-state index contributed by atoms with van der Waals surface area (Å²) >= 11 is 1.79. The molecule has 0 radical (unpaired) electrons. The molecule has 2 saturated heterocycles. The van der Waals surface area contributed by atoms with E-state index in [1.165, 1.54) is 4.88 Å². The molecule has 1 atom stereocenters. The van der Waals surface area contributed by atoms with Gasteiger partial charge in [-0.2, -0.15) is 0 Å². The van der Waals surface area contributed by atoms with Crippen LogP contribution < -0.4 is 4.74 Å². The van der Waals surface area contributed by atoms with Gasteiger partial charge in [-0.15, -0.1) is 11.3 Å². The molecular weight excluding hydrogens is 360 g/mol. The van der Waals surface area contributed by atoms with Crippen LogP contribution in [0.5, 0.6) is 5.75 Å². The Balaban J connectivity index is 1.25. The summed E-state index contributed by atoms with van der Waals surface area (Å²) in [7, 11) is 0. The van der Waals surface area contributed by atoms with Crippen LogP contribution in [0.15, 0.2) is 41.8 Å². The third kappa shape index (κ3) is 4.89. The Morgan fingerprint density at radius 3 is 2.63 bits per heavy atom. The van der Waals surface area contributed by atoms with Crippen LogP contribution in [0, 0.1) is 0 Å². The van der Waals surface area contributed by atoms with Gasteiger partial charge in [-0.25, -0.2) is 0 Å². The van der Waals surface area contributed by atoms with Gasteiger partial charge in [0.2, 0.25) is 0 Å². The number of piperazine rings is 1. The number of carbonyl (C=O) groups excluding carboxylic acids is 1. The maximum Gasteiger partial charge on any atom is 0.253 e. The highest BCUT2D eigenvalue weighted by Crippen LogP contribution is 2.18. The molecule has 27 heavy (non-hydrogen) atoms. The average Bonchev–Trinajstić information content (AvgIpc) is 3.41. The average molecular weight is 387 g/mol. The zero-order valence-corrected chi connectivity index (χ0v) is 16.3. The minimum absolute atomic E-state index is 0.108. The van der Waals surface area contributed by atoms with Gasteiger partial charge in [0.05, 0.1) is 6.10 Å². The summed E-state index contributed by atoms with van der Waals surface area (Å²) in [6.45, 7) is 5.80. The van der Waals surface area contributed by atoms with Crippen molar-refractivity contribution < 1.29 is 14.3 Å². The summed E-state index contributed by atoms with van der Waals surface area (Å²) in [6.07, 6.45) is 2.38. The first-order valence-corrected chi connectivity index (χ1v) is 10.5. The van der Waals surface area contributed by atoms with E-state index in [1.807, 2.05) is 29.2 Å². The predicted molar refractivity (Wildman–Crippen MR) is 106 cm³/mol. The summed E-state index contributed by atoms with van der Waals surface area (Å²) in [4.78, 5) is 18.5. The Kier molecular flexibility index (Phi) is 6.07. The molecule has 2 aromatic rings. The third-order valence-electron chi connectivity index (χ3n) is 5.18. The van der Waals surface area contributed by atoms with E-state index >= 15 is 0 Å². The highest BCUT2D eigenvalue weighted by atomic mass is 32.1. The molecule has 6 heteroatoms. The zero-order chi connectivity index (χ0) is 18.5. The molecule has 144 valence electrons. The van der Waals surface area contributed by atoms with E-state index in [0.29, 0.717) is 6.61 Å². The summed E-state index contributed by atoms with van der Waals surface area (Å²) < 4.78 is 11.3. The molecule has 1 amide bonds. The minimum atomic E-state index is 0.108. The summed E-state index contributed by atoms with van der Waals surface area (Å²) in [5.41, 5.74) is 0.728. The van der Waals surface area contributed by atoms with Gasteiger partial charge in [0, 0.05) is 49.8 Å². The lowest BCUT2D eigenvalue weighted by Gasteiger charge is -2.34. The molecule has 4 rings (SSSR count). The van der Waals surface area contributed by atoms with Crippen molar-refractivity contribution in [2.45, 2.75) is 25.5 Å². The fourth-order valence-electron chi connectivity index (χ4n) is 3.57. The molecule has 0 aliphatic carbocycles. The number of ether oxygens (including phenoxy) is 2. The van der Waals surface area contributed by atoms with Gasteiger partial charge in [0.15, 0.2) is 0 Å². The number of nitrogens with zero attached hydrogens (tertiary/aromatic N) is 2. The topological polar surface area (TPSA) is 42.0 Å². The molecule has 1 unspecified atom stereocenters. The van der Waals surface area contributed by atoms with Crippen LogP contribution in [0.25, 0.3) is 0 Å². The van der Waals surface area contributed by atoms with Gasteiger partial charge in [0.25, 0.3) is 5.91 Å². The summed E-state index contributed by atoms with van der Waals surface area (Å²) in [6, 6.07) is 11.8. The van der Waals surface area contributed by atoms with E-state index in [2.05, 4.69) is 22.4 Å². The van der Waals surface area contributed by atoms with E-state index in [1.54, 1.807) is 11.3 Å². The van der Waals surface area contributed by atoms with Crippen LogP contribution in [-0.2, 0) is 11.3 Å². The molecule has 1 aromatic heterocycles. The molecule has 2 aliphatic heterocycles. The number of hydrogen-bond acceptors (Lipinski definition) is 5. The van der Waals surface area contributed by atoms with Crippen LogP contribution in [0.2, 0.25) is 0 Å². The number of carbonyl (C=O) groups is 1. The molecule has 2 aliphatic rings. The maximum absolute atomic E-state index is 12.8. The fraction of sp³-hybridized carbons (Fsp3) is 0.476. The van der Waals surface area contributed by atoms with E-state index in [-0.39, 0.29) is 12.0 Å². The summed E-state index contributed by atoms with van der Waals surface area (Å²) in [5, 5.41) is 2.11. The lowest BCUT2D eigenvalue weighted by Crippen LogP contribution is -2.48. The molecule has 0 saturated carbocycles. The first kappa shape index (κ1) is 18.5. The molecule has 0 spiro atoms. The van der Waals surface area contributed by atoms with Crippen molar-refractivity contribution in [2.24, 2.45) is 0 Å². The van der Waals surface area contributed by atoms with E-state index < -0.39 is 0 Å². The van der Waals surface area contributed by atoms with Gasteiger partial charge in [-0.05, 0) is 48.6 Å². The second kappa shape index (κ2) is 8.87. The largest absolute Gasteiger partial charge is 0.491 e. The third-order valence-corrected chi connectivity index (χ3v) is 6.04. The Hall–Kier alpha value is -1.89. The van der Waals surface area contributed by atoms with Crippen molar-refractivity contribution in [3.05, 3.63) is 52.2 Å². The van der Waals surface area contributed by atoms with Crippen LogP contribution in [0.1, 0.15) is 28.1 Å². The molecular formula is C21H26N2O3S. The predicted octanol–water partition coefficient (Wildman–Crippen LogP) is 3.26. The maximum atomic E-state index is 12.8. The monoisotopic (exact) mass is 386 g/mol. The molecule has 2 fully saturated rings. The van der Waals surface area contributed by atoms with Crippen molar-refractivity contribution in [3.8, 4) is 5.75 Å². The number of amides is 1. The van der Waals surface area contributed by atoms with Crippen LogP contribution in [0.3, 0.4) is 0 Å². The fourth-order valence-corrected chi connectivity index (χ4v) is 4.32. The molecule has 5 nitrogen and oxygen atoms in total. The van der Waals surface area contributed by atoms with Gasteiger partial charge in [-0.1, -0.05) is 6.07 Å². The zero-order valence-electron chi connectivity index (χ0n) is 15.5. The first-order chi connectivity index (χ1) is 13.3. The van der Waals surface area contributed by atoms with Crippen LogP contribution >= 0.6 is 11.3 Å². The van der Waals surface area contributed by atoms with E-state index in [0.717, 1.165) is 63.5 Å². The van der Waals surface area contributed by atoms with Crippen molar-refractivity contribution in [2.75, 3.05) is 39.4 Å². The van der Waals surface area contributed by atoms with Crippen molar-refractivity contribution in [1.82, 2.24) is 9.80 Å². The SMILES string of the molecule is O=C(c1ccc(OCC2CCCO2)cc1)N1CCN(Cc2cccs2)CC1. The van der Waals surface area contributed by atoms with Gasteiger partial charge in [0.1, 0.15) is 12.4 Å². The number of thiophene rings is 1.